The van der Waals surface area contributed by atoms with Crippen LogP contribution < -0.4 is 5.73 Å². The van der Waals surface area contributed by atoms with Crippen LogP contribution in [0.4, 0.5) is 0 Å². The van der Waals surface area contributed by atoms with Crippen molar-refractivity contribution in [3.63, 3.8) is 0 Å². The fourth-order valence-corrected chi connectivity index (χ4v) is 2.64. The molecule has 1 amide bonds. The molecule has 1 aromatic rings. The molecular formula is C16H25N3O. The Morgan fingerprint density at radius 2 is 2.00 bits per heavy atom. The van der Waals surface area contributed by atoms with Crippen LogP contribution in [0, 0.1) is 6.92 Å². The lowest BCUT2D eigenvalue weighted by molar-refractivity contribution is -0.132. The number of piperazine rings is 1. The lowest BCUT2D eigenvalue weighted by atomic mass is 10.1. The number of carbonyl (C=O) groups excluding carboxylic acids is 1. The molecule has 0 bridgehead atoms. The summed E-state index contributed by atoms with van der Waals surface area (Å²) < 4.78 is 0. The Kier molecular flexibility index (Phi) is 5.56. The minimum atomic E-state index is 0.245. The summed E-state index contributed by atoms with van der Waals surface area (Å²) in [7, 11) is 0. The van der Waals surface area contributed by atoms with Gasteiger partial charge in [0.2, 0.25) is 5.91 Å². The molecule has 0 saturated carbocycles. The topological polar surface area (TPSA) is 49.6 Å². The van der Waals surface area contributed by atoms with Crippen molar-refractivity contribution >= 4 is 5.91 Å². The highest BCUT2D eigenvalue weighted by Gasteiger charge is 2.20. The van der Waals surface area contributed by atoms with E-state index in [1.165, 1.54) is 5.56 Å². The number of carbonyl (C=O) groups is 1. The van der Waals surface area contributed by atoms with Crippen LogP contribution >= 0.6 is 0 Å². The van der Waals surface area contributed by atoms with Crippen molar-refractivity contribution in [1.29, 1.82) is 0 Å². The van der Waals surface area contributed by atoms with E-state index in [2.05, 4.69) is 24.0 Å². The van der Waals surface area contributed by atoms with Gasteiger partial charge in [-0.05, 0) is 32.0 Å². The molecule has 1 aliphatic heterocycles. The predicted molar refractivity (Wildman–Crippen MR) is 81.6 cm³/mol. The second-order valence-corrected chi connectivity index (χ2v) is 5.53. The summed E-state index contributed by atoms with van der Waals surface area (Å²) in [5, 5.41) is 0. The van der Waals surface area contributed by atoms with Gasteiger partial charge in [0, 0.05) is 26.2 Å². The molecule has 4 heteroatoms. The Hall–Kier alpha value is -1.39. The number of nitrogens with zero attached hydrogens (tertiary/aromatic N) is 2. The summed E-state index contributed by atoms with van der Waals surface area (Å²) in [6.45, 7) is 7.48. The quantitative estimate of drug-likeness (QED) is 0.873. The van der Waals surface area contributed by atoms with Crippen molar-refractivity contribution in [2.24, 2.45) is 5.73 Å². The first-order chi connectivity index (χ1) is 9.69. The minimum absolute atomic E-state index is 0.245. The Balaban J connectivity index is 1.80. The molecule has 2 rings (SSSR count). The third-order valence-electron chi connectivity index (χ3n) is 3.84. The Morgan fingerprint density at radius 3 is 2.65 bits per heavy atom. The fraction of sp³-hybridized carbons (Fsp3) is 0.562. The van der Waals surface area contributed by atoms with Gasteiger partial charge >= 0.3 is 0 Å². The standard InChI is InChI=1S/C16H25N3O/c1-14-4-2-5-15(12-14)13-16(20)19-10-8-18(9-11-19)7-3-6-17/h2,4-5,12H,3,6-11,13,17H2,1H3. The molecule has 0 unspecified atom stereocenters. The molecule has 1 saturated heterocycles. The van der Waals surface area contributed by atoms with Gasteiger partial charge in [-0.25, -0.2) is 0 Å². The van der Waals surface area contributed by atoms with E-state index in [9.17, 15) is 4.79 Å². The SMILES string of the molecule is Cc1cccc(CC(=O)N2CCN(CCCN)CC2)c1. The zero-order chi connectivity index (χ0) is 14.4. The third-order valence-corrected chi connectivity index (χ3v) is 3.84. The lowest BCUT2D eigenvalue weighted by Gasteiger charge is -2.34. The second kappa shape index (κ2) is 7.41. The highest BCUT2D eigenvalue weighted by atomic mass is 16.2. The predicted octanol–water partition coefficient (Wildman–Crippen LogP) is 1.03. The van der Waals surface area contributed by atoms with Crippen LogP contribution in [0.5, 0.6) is 0 Å². The van der Waals surface area contributed by atoms with Gasteiger partial charge in [-0.3, -0.25) is 9.69 Å². The molecule has 1 heterocycles. The van der Waals surface area contributed by atoms with Crippen LogP contribution in [0.25, 0.3) is 0 Å². The second-order valence-electron chi connectivity index (χ2n) is 5.53. The van der Waals surface area contributed by atoms with Crippen molar-refractivity contribution < 1.29 is 4.79 Å². The molecular weight excluding hydrogens is 250 g/mol. The number of rotatable bonds is 5. The van der Waals surface area contributed by atoms with E-state index < -0.39 is 0 Å². The largest absolute Gasteiger partial charge is 0.340 e. The molecule has 0 aliphatic carbocycles. The molecule has 0 atom stereocenters. The lowest BCUT2D eigenvalue weighted by Crippen LogP contribution is -2.49. The van der Waals surface area contributed by atoms with Crippen LogP contribution in [0.15, 0.2) is 24.3 Å². The first-order valence-electron chi connectivity index (χ1n) is 7.45. The van der Waals surface area contributed by atoms with Gasteiger partial charge in [0.1, 0.15) is 0 Å². The van der Waals surface area contributed by atoms with E-state index in [1.807, 2.05) is 17.0 Å². The molecule has 1 aliphatic rings. The Labute approximate surface area is 121 Å². The Bertz CT molecular complexity index is 439. The van der Waals surface area contributed by atoms with Crippen LogP contribution in [0.2, 0.25) is 0 Å². The van der Waals surface area contributed by atoms with Crippen LogP contribution in [0.3, 0.4) is 0 Å². The summed E-state index contributed by atoms with van der Waals surface area (Å²) in [6, 6.07) is 8.20. The van der Waals surface area contributed by atoms with E-state index in [0.717, 1.165) is 51.3 Å². The molecule has 2 N–H and O–H groups in total. The maximum atomic E-state index is 12.3. The van der Waals surface area contributed by atoms with Crippen molar-refractivity contribution in [2.45, 2.75) is 19.8 Å². The molecule has 1 fully saturated rings. The molecule has 0 radical (unpaired) electrons. The summed E-state index contributed by atoms with van der Waals surface area (Å²) >= 11 is 0. The van der Waals surface area contributed by atoms with Crippen molar-refractivity contribution in [3.05, 3.63) is 35.4 Å². The van der Waals surface area contributed by atoms with Gasteiger partial charge in [0.25, 0.3) is 0 Å². The summed E-state index contributed by atoms with van der Waals surface area (Å²) in [4.78, 5) is 16.7. The summed E-state index contributed by atoms with van der Waals surface area (Å²) in [6.07, 6.45) is 1.56. The highest BCUT2D eigenvalue weighted by molar-refractivity contribution is 5.78. The number of hydrogen-bond donors (Lipinski definition) is 1. The fourth-order valence-electron chi connectivity index (χ4n) is 2.64. The number of nitrogens with two attached hydrogens (primary N) is 1. The smallest absolute Gasteiger partial charge is 0.227 e. The van der Waals surface area contributed by atoms with Gasteiger partial charge in [-0.2, -0.15) is 0 Å². The summed E-state index contributed by atoms with van der Waals surface area (Å²) in [5.41, 5.74) is 7.85. The third kappa shape index (κ3) is 4.32. The molecule has 1 aromatic carbocycles. The van der Waals surface area contributed by atoms with Gasteiger partial charge < -0.3 is 10.6 Å². The van der Waals surface area contributed by atoms with Crippen LogP contribution in [-0.2, 0) is 11.2 Å². The molecule has 0 spiro atoms. The number of benzene rings is 1. The number of amides is 1. The maximum Gasteiger partial charge on any atom is 0.227 e. The Morgan fingerprint density at radius 1 is 1.25 bits per heavy atom. The van der Waals surface area contributed by atoms with E-state index >= 15 is 0 Å². The molecule has 4 nitrogen and oxygen atoms in total. The van der Waals surface area contributed by atoms with E-state index in [1.54, 1.807) is 0 Å². The summed E-state index contributed by atoms with van der Waals surface area (Å²) in [5.74, 6) is 0.245. The normalized spacial score (nSPS) is 16.4. The monoisotopic (exact) mass is 275 g/mol. The number of hydrogen-bond acceptors (Lipinski definition) is 3. The van der Waals surface area contributed by atoms with Gasteiger partial charge in [0.15, 0.2) is 0 Å². The maximum absolute atomic E-state index is 12.3. The van der Waals surface area contributed by atoms with Crippen molar-refractivity contribution in [1.82, 2.24) is 9.80 Å². The van der Waals surface area contributed by atoms with Crippen LogP contribution in [0.1, 0.15) is 17.5 Å². The zero-order valence-electron chi connectivity index (χ0n) is 12.3. The van der Waals surface area contributed by atoms with Gasteiger partial charge in [-0.1, -0.05) is 29.8 Å². The first kappa shape index (κ1) is 15.0. The minimum Gasteiger partial charge on any atom is -0.340 e. The average molecular weight is 275 g/mol. The average Bonchev–Trinajstić information content (AvgIpc) is 2.45. The zero-order valence-corrected chi connectivity index (χ0v) is 12.3. The molecule has 20 heavy (non-hydrogen) atoms. The van der Waals surface area contributed by atoms with E-state index in [-0.39, 0.29) is 5.91 Å². The number of aryl methyl sites for hydroxylation is 1. The van der Waals surface area contributed by atoms with Gasteiger partial charge in [-0.15, -0.1) is 0 Å². The van der Waals surface area contributed by atoms with Gasteiger partial charge in [0.05, 0.1) is 6.42 Å². The molecule has 110 valence electrons. The molecule has 0 aromatic heterocycles. The van der Waals surface area contributed by atoms with E-state index in [0.29, 0.717) is 6.42 Å². The van der Waals surface area contributed by atoms with Crippen molar-refractivity contribution in [2.75, 3.05) is 39.3 Å². The van der Waals surface area contributed by atoms with Crippen molar-refractivity contribution in [3.8, 4) is 0 Å². The van der Waals surface area contributed by atoms with Crippen LogP contribution in [-0.4, -0.2) is 55.0 Å². The van der Waals surface area contributed by atoms with E-state index in [4.69, 9.17) is 5.73 Å². The first-order valence-corrected chi connectivity index (χ1v) is 7.45. The highest BCUT2D eigenvalue weighted by Crippen LogP contribution is 2.09.